The second-order valence-electron chi connectivity index (χ2n) is 13.2. The number of H-pyrrole nitrogens is 2. The molecule has 9 nitrogen and oxygen atoms in total. The maximum absolute atomic E-state index is 12.9. The van der Waals surface area contributed by atoms with Crippen molar-refractivity contribution in [3.8, 4) is 0 Å². The first-order valence-corrected chi connectivity index (χ1v) is 17.0. The van der Waals surface area contributed by atoms with Gasteiger partial charge in [0.15, 0.2) is 0 Å². The molecule has 0 unspecified atom stereocenters. The third-order valence-electron chi connectivity index (χ3n) is 9.59. The molecule has 0 aliphatic carbocycles. The monoisotopic (exact) mass is 660 g/mol. The predicted octanol–water partition coefficient (Wildman–Crippen LogP) is 7.88. The van der Waals surface area contributed by atoms with Crippen molar-refractivity contribution in [3.05, 3.63) is 88.5 Å². The van der Waals surface area contributed by atoms with Gasteiger partial charge in [-0.2, -0.15) is 0 Å². The number of unbranched alkanes of at least 4 members (excludes halogenated alkanes) is 1. The fourth-order valence-corrected chi connectivity index (χ4v) is 6.65. The highest BCUT2D eigenvalue weighted by atomic mass is 16.4. The molecular formula is C40H48N6O3. The number of carboxylic acids is 1. The first-order chi connectivity index (χ1) is 23.4. The molecular weight excluding hydrogens is 612 g/mol. The van der Waals surface area contributed by atoms with Gasteiger partial charge in [0.1, 0.15) is 0 Å². The molecule has 2 aliphatic rings. The number of hydrogen-bond acceptors (Lipinski definition) is 5. The lowest BCUT2D eigenvalue weighted by molar-refractivity contribution is -0.136. The molecule has 0 fully saturated rings. The molecule has 1 amide bonds. The smallest absolute Gasteiger partial charge is 0.303 e. The number of aryl methyl sites for hydroxylation is 3. The predicted molar refractivity (Wildman–Crippen MR) is 202 cm³/mol. The first kappa shape index (κ1) is 35.3. The topological polar surface area (TPSA) is 127 Å². The largest absolute Gasteiger partial charge is 0.481 e. The van der Waals surface area contributed by atoms with Gasteiger partial charge < -0.3 is 25.3 Å². The van der Waals surface area contributed by atoms with E-state index in [0.717, 1.165) is 103 Å². The molecule has 0 atom stereocenters. The minimum atomic E-state index is -0.859. The van der Waals surface area contributed by atoms with E-state index in [0.29, 0.717) is 31.5 Å². The average molecular weight is 661 g/mol. The molecule has 0 saturated heterocycles. The number of carboxylic acid groups (broad SMARTS) is 1. The lowest BCUT2D eigenvalue weighted by atomic mass is 10.00. The number of carbonyl (C=O) groups excluding carboxylic acids is 1. The summed E-state index contributed by atoms with van der Waals surface area (Å²) < 4.78 is 0. The molecule has 0 spiro atoms. The Balaban J connectivity index is 1.71. The Hall–Kier alpha value is -5.02. The minimum absolute atomic E-state index is 0.00707. The Labute approximate surface area is 288 Å². The van der Waals surface area contributed by atoms with Gasteiger partial charge in [-0.1, -0.05) is 25.3 Å². The van der Waals surface area contributed by atoms with Crippen LogP contribution in [0.4, 0.5) is 0 Å². The molecule has 0 aromatic carbocycles. The van der Waals surface area contributed by atoms with E-state index in [1.54, 1.807) is 0 Å². The normalized spacial score (nSPS) is 13.0. The molecule has 9 heteroatoms. The van der Waals surface area contributed by atoms with E-state index in [4.69, 9.17) is 9.97 Å². The summed E-state index contributed by atoms with van der Waals surface area (Å²) in [6, 6.07) is 8.12. The molecule has 4 N–H and O–H groups in total. The highest BCUT2D eigenvalue weighted by Gasteiger charge is 2.21. The summed E-state index contributed by atoms with van der Waals surface area (Å²) in [5.41, 5.74) is 14.5. The van der Waals surface area contributed by atoms with Gasteiger partial charge in [0.05, 0.1) is 22.8 Å². The molecule has 256 valence electrons. The van der Waals surface area contributed by atoms with Crippen molar-refractivity contribution in [2.45, 2.75) is 66.2 Å². The van der Waals surface area contributed by atoms with Crippen LogP contribution in [0.15, 0.2) is 43.5 Å². The molecule has 3 aromatic rings. The number of carbonyl (C=O) groups is 2. The summed E-state index contributed by atoms with van der Waals surface area (Å²) in [6.07, 6.45) is 6.87. The molecule has 0 saturated carbocycles. The molecule has 3 aromatic heterocycles. The highest BCUT2D eigenvalue weighted by Crippen LogP contribution is 2.36. The second-order valence-corrected chi connectivity index (χ2v) is 13.2. The van der Waals surface area contributed by atoms with E-state index in [-0.39, 0.29) is 12.3 Å². The SMILES string of the molecule is C=CC1=C(C)c2cc3[nH]c(cc4nc(cc5[nH]c(cc1n2)c(C)c5CCC(=O)NCCCCN(C)C)C(CCC(=O)O)=C4C)c(C)c3C=C. The van der Waals surface area contributed by atoms with Crippen LogP contribution < -0.4 is 5.32 Å². The summed E-state index contributed by atoms with van der Waals surface area (Å²) in [4.78, 5) is 44.1. The summed E-state index contributed by atoms with van der Waals surface area (Å²) in [5.74, 6) is -0.842. The lowest BCUT2D eigenvalue weighted by Crippen LogP contribution is -2.25. The molecule has 2 aliphatic heterocycles. The van der Waals surface area contributed by atoms with Crippen molar-refractivity contribution in [1.29, 1.82) is 0 Å². The highest BCUT2D eigenvalue weighted by molar-refractivity contribution is 5.98. The number of allylic oxidation sites excluding steroid dienone is 5. The number of aromatic amines is 2. The Morgan fingerprint density at radius 1 is 0.796 bits per heavy atom. The van der Waals surface area contributed by atoms with E-state index in [1.807, 2.05) is 43.3 Å². The van der Waals surface area contributed by atoms with Crippen molar-refractivity contribution in [1.82, 2.24) is 30.2 Å². The van der Waals surface area contributed by atoms with Crippen molar-refractivity contribution >= 4 is 62.3 Å². The molecule has 49 heavy (non-hydrogen) atoms. The summed E-state index contributed by atoms with van der Waals surface area (Å²) in [5, 5.41) is 12.7. The number of nitrogens with one attached hydrogen (secondary N) is 3. The number of aliphatic carboxylic acids is 1. The van der Waals surface area contributed by atoms with Crippen molar-refractivity contribution < 1.29 is 14.7 Å². The average Bonchev–Trinajstić information content (AvgIpc) is 3.71. The van der Waals surface area contributed by atoms with Crippen LogP contribution in [-0.2, 0) is 16.0 Å². The number of rotatable bonds is 13. The fraction of sp³-hybridized carbons (Fsp3) is 0.350. The zero-order chi connectivity index (χ0) is 35.4. The number of fused-ring (bicyclic) bond motifs is 8. The Morgan fingerprint density at radius 3 is 2.12 bits per heavy atom. The lowest BCUT2D eigenvalue weighted by Gasteiger charge is -2.09. The Kier molecular flexibility index (Phi) is 10.8. The van der Waals surface area contributed by atoms with E-state index < -0.39 is 5.97 Å². The quantitative estimate of drug-likeness (QED) is 0.138. The van der Waals surface area contributed by atoms with Gasteiger partial charge in [0.2, 0.25) is 5.91 Å². The van der Waals surface area contributed by atoms with Crippen LogP contribution in [0.25, 0.3) is 50.4 Å². The van der Waals surface area contributed by atoms with Crippen molar-refractivity contribution in [2.75, 3.05) is 27.2 Å². The number of hydrogen-bond donors (Lipinski definition) is 4. The number of nitrogens with zero attached hydrogens (tertiary/aromatic N) is 3. The number of amides is 1. The summed E-state index contributed by atoms with van der Waals surface area (Å²) in [6.45, 7) is 18.0. The van der Waals surface area contributed by atoms with Gasteiger partial charge in [0, 0.05) is 52.6 Å². The van der Waals surface area contributed by atoms with Gasteiger partial charge in [-0.15, -0.1) is 0 Å². The van der Waals surface area contributed by atoms with Crippen LogP contribution in [0.5, 0.6) is 0 Å². The van der Waals surface area contributed by atoms with Crippen LogP contribution in [0, 0.1) is 13.8 Å². The fourth-order valence-electron chi connectivity index (χ4n) is 6.65. The van der Waals surface area contributed by atoms with Gasteiger partial charge in [-0.05, 0) is 132 Å². The number of aromatic nitrogens is 4. The van der Waals surface area contributed by atoms with Crippen LogP contribution in [0.1, 0.15) is 91.0 Å². The molecule has 5 rings (SSSR count). The Morgan fingerprint density at radius 2 is 1.43 bits per heavy atom. The molecule has 8 bridgehead atoms. The third-order valence-corrected chi connectivity index (χ3v) is 9.59. The van der Waals surface area contributed by atoms with Crippen LogP contribution in [-0.4, -0.2) is 69.0 Å². The molecule has 5 heterocycles. The third kappa shape index (κ3) is 7.67. The van der Waals surface area contributed by atoms with E-state index in [2.05, 4.69) is 68.2 Å². The zero-order valence-corrected chi connectivity index (χ0v) is 29.6. The van der Waals surface area contributed by atoms with Crippen molar-refractivity contribution in [3.63, 3.8) is 0 Å². The van der Waals surface area contributed by atoms with Gasteiger partial charge in [0.25, 0.3) is 0 Å². The van der Waals surface area contributed by atoms with E-state index in [9.17, 15) is 14.7 Å². The minimum Gasteiger partial charge on any atom is -0.481 e. The first-order valence-electron chi connectivity index (χ1n) is 17.0. The van der Waals surface area contributed by atoms with E-state index in [1.165, 1.54) is 0 Å². The standard InChI is InChI=1S/C40H48N6O3/c1-9-27-23(3)31-19-32-26(6)30(14-16-40(48)49)38(44-32)22-37-29(13-15-39(47)41-17-11-12-18-46(7)8)25(5)34(45-37)21-36-28(10-2)24(4)33(43-36)20-35(27)42-31/h9-10,19-22,42,45H,1-2,11-18H2,3-8H3,(H,41,47)(H,48,49). The van der Waals surface area contributed by atoms with Crippen LogP contribution in [0.3, 0.4) is 0 Å². The van der Waals surface area contributed by atoms with Gasteiger partial charge in [-0.25, -0.2) is 9.97 Å². The maximum atomic E-state index is 12.9. The second kappa shape index (κ2) is 15.0. The molecule has 0 radical (unpaired) electrons. The Bertz CT molecular complexity index is 2060. The van der Waals surface area contributed by atoms with Crippen LogP contribution in [0.2, 0.25) is 0 Å². The summed E-state index contributed by atoms with van der Waals surface area (Å²) in [7, 11) is 4.10. The van der Waals surface area contributed by atoms with Gasteiger partial charge >= 0.3 is 5.97 Å². The zero-order valence-electron chi connectivity index (χ0n) is 29.6. The van der Waals surface area contributed by atoms with Crippen molar-refractivity contribution in [2.24, 2.45) is 0 Å². The maximum Gasteiger partial charge on any atom is 0.303 e. The van der Waals surface area contributed by atoms with Gasteiger partial charge in [-0.3, -0.25) is 9.59 Å². The van der Waals surface area contributed by atoms with Crippen LogP contribution >= 0.6 is 0 Å². The summed E-state index contributed by atoms with van der Waals surface area (Å²) >= 11 is 0. The van der Waals surface area contributed by atoms with E-state index >= 15 is 0 Å².